The second kappa shape index (κ2) is 2.65. The molecular formula is C6H5BrF2N2. The molecule has 0 fully saturated rings. The Bertz CT molecular complexity index is 275. The van der Waals surface area contributed by atoms with Gasteiger partial charge in [-0.2, -0.15) is 0 Å². The first kappa shape index (κ1) is 8.26. The molecule has 0 aromatic heterocycles. The molecule has 4 N–H and O–H groups in total. The summed E-state index contributed by atoms with van der Waals surface area (Å²) in [6.07, 6.45) is 0. The normalized spacial score (nSPS) is 10.1. The van der Waals surface area contributed by atoms with E-state index in [0.29, 0.717) is 0 Å². The van der Waals surface area contributed by atoms with Crippen LogP contribution in [0.1, 0.15) is 0 Å². The first-order valence-corrected chi connectivity index (χ1v) is 3.51. The van der Waals surface area contributed by atoms with Crippen molar-refractivity contribution in [1.82, 2.24) is 0 Å². The molecule has 1 aromatic rings. The summed E-state index contributed by atoms with van der Waals surface area (Å²) in [5.41, 5.74) is 9.99. The number of hydrogen-bond donors (Lipinski definition) is 2. The predicted octanol–water partition coefficient (Wildman–Crippen LogP) is 1.89. The number of nitrogens with two attached hydrogens (primary N) is 2. The minimum absolute atomic E-state index is 0.0239. The van der Waals surface area contributed by atoms with Crippen molar-refractivity contribution in [2.24, 2.45) is 0 Å². The lowest BCUT2D eigenvalue weighted by Crippen LogP contribution is -2.00. The van der Waals surface area contributed by atoms with E-state index in [1.165, 1.54) is 6.07 Å². The van der Waals surface area contributed by atoms with Crippen LogP contribution in [-0.4, -0.2) is 0 Å². The molecule has 0 bridgehead atoms. The van der Waals surface area contributed by atoms with Gasteiger partial charge in [-0.25, -0.2) is 8.78 Å². The number of benzene rings is 1. The second-order valence-electron chi connectivity index (χ2n) is 1.99. The third-order valence-electron chi connectivity index (χ3n) is 1.23. The minimum atomic E-state index is -1.11. The molecule has 0 heterocycles. The topological polar surface area (TPSA) is 52.0 Å². The van der Waals surface area contributed by atoms with Crippen LogP contribution in [0.4, 0.5) is 20.2 Å². The number of rotatable bonds is 0. The molecule has 0 aliphatic carbocycles. The Morgan fingerprint density at radius 1 is 1.18 bits per heavy atom. The summed E-state index contributed by atoms with van der Waals surface area (Å²) in [6.45, 7) is 0. The molecule has 0 unspecified atom stereocenters. The molecule has 0 aliphatic heterocycles. The molecule has 0 aliphatic rings. The van der Waals surface area contributed by atoms with Gasteiger partial charge >= 0.3 is 0 Å². The summed E-state index contributed by atoms with van der Waals surface area (Å²) in [5, 5.41) is 0. The monoisotopic (exact) mass is 222 g/mol. The zero-order valence-corrected chi connectivity index (χ0v) is 6.95. The smallest absolute Gasteiger partial charge is 0.184 e. The zero-order chi connectivity index (χ0) is 8.59. The number of halogens is 3. The summed E-state index contributed by atoms with van der Waals surface area (Å²) < 4.78 is 25.2. The van der Waals surface area contributed by atoms with Gasteiger partial charge in [0.2, 0.25) is 0 Å². The van der Waals surface area contributed by atoms with Crippen LogP contribution in [0.15, 0.2) is 10.5 Å². The Labute approximate surface area is 70.3 Å². The standard InChI is InChI=1S/C6H5BrF2N2/c7-2-1-3(10)6(11)5(9)4(2)8/h1H,10-11H2. The van der Waals surface area contributed by atoms with Crippen molar-refractivity contribution in [3.8, 4) is 0 Å². The van der Waals surface area contributed by atoms with Gasteiger partial charge in [0.25, 0.3) is 0 Å². The fraction of sp³-hybridized carbons (Fsp3) is 0. The lowest BCUT2D eigenvalue weighted by molar-refractivity contribution is 0.508. The number of anilines is 2. The van der Waals surface area contributed by atoms with Crippen molar-refractivity contribution in [2.75, 3.05) is 11.5 Å². The SMILES string of the molecule is Nc1cc(Br)c(F)c(F)c1N. The Balaban J connectivity index is 3.46. The average molecular weight is 223 g/mol. The molecule has 1 aromatic carbocycles. The summed E-state index contributed by atoms with van der Waals surface area (Å²) in [7, 11) is 0. The molecule has 0 saturated carbocycles. The van der Waals surface area contributed by atoms with Crippen LogP contribution < -0.4 is 11.5 Å². The first-order chi connectivity index (χ1) is 5.04. The highest BCUT2D eigenvalue weighted by Crippen LogP contribution is 2.27. The van der Waals surface area contributed by atoms with Gasteiger partial charge in [-0.15, -0.1) is 0 Å². The molecule has 11 heavy (non-hydrogen) atoms. The summed E-state index contributed by atoms with van der Waals surface area (Å²) in [5.74, 6) is -2.13. The van der Waals surface area contributed by atoms with E-state index in [4.69, 9.17) is 11.5 Å². The van der Waals surface area contributed by atoms with Crippen molar-refractivity contribution < 1.29 is 8.78 Å². The largest absolute Gasteiger partial charge is 0.397 e. The number of nitrogen functional groups attached to an aromatic ring is 2. The second-order valence-corrected chi connectivity index (χ2v) is 2.84. The Morgan fingerprint density at radius 2 is 1.73 bits per heavy atom. The lowest BCUT2D eigenvalue weighted by atomic mass is 10.2. The van der Waals surface area contributed by atoms with E-state index >= 15 is 0 Å². The highest BCUT2D eigenvalue weighted by Gasteiger charge is 2.12. The molecule has 0 amide bonds. The van der Waals surface area contributed by atoms with Gasteiger partial charge in [-0.1, -0.05) is 0 Å². The fourth-order valence-electron chi connectivity index (χ4n) is 0.627. The van der Waals surface area contributed by atoms with Crippen LogP contribution >= 0.6 is 15.9 Å². The minimum Gasteiger partial charge on any atom is -0.397 e. The Kier molecular flexibility index (Phi) is 1.99. The molecule has 0 saturated heterocycles. The van der Waals surface area contributed by atoms with Crippen molar-refractivity contribution in [2.45, 2.75) is 0 Å². The molecule has 0 atom stereocenters. The van der Waals surface area contributed by atoms with E-state index in [1.54, 1.807) is 0 Å². The third-order valence-corrected chi connectivity index (χ3v) is 1.81. The number of hydrogen-bond acceptors (Lipinski definition) is 2. The molecule has 0 spiro atoms. The van der Waals surface area contributed by atoms with Gasteiger partial charge in [-0.3, -0.25) is 0 Å². The van der Waals surface area contributed by atoms with Gasteiger partial charge in [0, 0.05) is 0 Å². The van der Waals surface area contributed by atoms with Gasteiger partial charge in [0.15, 0.2) is 11.6 Å². The van der Waals surface area contributed by atoms with E-state index in [0.717, 1.165) is 0 Å². The average Bonchev–Trinajstić information content (AvgIpc) is 1.97. The van der Waals surface area contributed by atoms with Gasteiger partial charge in [-0.05, 0) is 22.0 Å². The summed E-state index contributed by atoms with van der Waals surface area (Å²) >= 11 is 2.78. The van der Waals surface area contributed by atoms with Crippen LogP contribution in [0.3, 0.4) is 0 Å². The quantitative estimate of drug-likeness (QED) is 0.521. The third kappa shape index (κ3) is 1.28. The molecule has 60 valence electrons. The first-order valence-electron chi connectivity index (χ1n) is 2.72. The maximum absolute atomic E-state index is 12.6. The van der Waals surface area contributed by atoms with Crippen LogP contribution in [0, 0.1) is 11.6 Å². The van der Waals surface area contributed by atoms with Crippen LogP contribution in [0.5, 0.6) is 0 Å². The lowest BCUT2D eigenvalue weighted by Gasteiger charge is -2.03. The molecule has 2 nitrogen and oxygen atoms in total. The van der Waals surface area contributed by atoms with Gasteiger partial charge in [0.05, 0.1) is 15.8 Å². The van der Waals surface area contributed by atoms with Crippen LogP contribution in [0.2, 0.25) is 0 Å². The fourth-order valence-corrected chi connectivity index (χ4v) is 1.05. The molecule has 5 heteroatoms. The predicted molar refractivity (Wildman–Crippen MR) is 42.9 cm³/mol. The highest BCUT2D eigenvalue weighted by atomic mass is 79.9. The van der Waals surface area contributed by atoms with Gasteiger partial charge in [0.1, 0.15) is 0 Å². The summed E-state index contributed by atoms with van der Waals surface area (Å²) in [4.78, 5) is 0. The van der Waals surface area contributed by atoms with E-state index in [2.05, 4.69) is 15.9 Å². The maximum Gasteiger partial charge on any atom is 0.184 e. The van der Waals surface area contributed by atoms with Gasteiger partial charge < -0.3 is 11.5 Å². The Hall–Kier alpha value is -0.840. The van der Waals surface area contributed by atoms with E-state index in [1.807, 2.05) is 0 Å². The van der Waals surface area contributed by atoms with Crippen molar-refractivity contribution in [3.05, 3.63) is 22.2 Å². The van der Waals surface area contributed by atoms with E-state index in [-0.39, 0.29) is 15.8 Å². The van der Waals surface area contributed by atoms with Crippen LogP contribution in [0.25, 0.3) is 0 Å². The van der Waals surface area contributed by atoms with Crippen molar-refractivity contribution in [3.63, 3.8) is 0 Å². The van der Waals surface area contributed by atoms with Crippen molar-refractivity contribution in [1.29, 1.82) is 0 Å². The summed E-state index contributed by atoms with van der Waals surface area (Å²) in [6, 6.07) is 1.22. The van der Waals surface area contributed by atoms with E-state index in [9.17, 15) is 8.78 Å². The highest BCUT2D eigenvalue weighted by molar-refractivity contribution is 9.10. The van der Waals surface area contributed by atoms with Crippen LogP contribution in [-0.2, 0) is 0 Å². The van der Waals surface area contributed by atoms with Crippen molar-refractivity contribution >= 4 is 27.3 Å². The molecular weight excluding hydrogens is 218 g/mol. The maximum atomic E-state index is 12.6. The van der Waals surface area contributed by atoms with E-state index < -0.39 is 11.6 Å². The Morgan fingerprint density at radius 3 is 2.27 bits per heavy atom. The molecule has 1 rings (SSSR count). The molecule has 0 radical (unpaired) electrons. The zero-order valence-electron chi connectivity index (χ0n) is 5.37.